The van der Waals surface area contributed by atoms with Crippen LogP contribution in [0.15, 0.2) is 20.6 Å². The number of hydrogen-bond acceptors (Lipinski definition) is 9. The molecule has 1 fully saturated rings. The van der Waals surface area contributed by atoms with Crippen LogP contribution in [0.1, 0.15) is 17.1 Å². The van der Waals surface area contributed by atoms with Crippen molar-refractivity contribution in [1.82, 2.24) is 24.3 Å². The number of sulfonamides is 1. The normalized spacial score (nSPS) is 15.8. The first-order chi connectivity index (χ1) is 13.2. The third-order valence-electron chi connectivity index (χ3n) is 4.34. The van der Waals surface area contributed by atoms with Crippen LogP contribution in [0, 0.1) is 20.8 Å². The number of nitrogens with two attached hydrogens (primary N) is 1. The van der Waals surface area contributed by atoms with Crippen molar-refractivity contribution in [3.63, 3.8) is 0 Å². The lowest BCUT2D eigenvalue weighted by Crippen LogP contribution is -2.51. The minimum atomic E-state index is -3.69. The highest BCUT2D eigenvalue weighted by Gasteiger charge is 2.34. The Bertz CT molecular complexity index is 943. The van der Waals surface area contributed by atoms with Gasteiger partial charge in [0.25, 0.3) is 0 Å². The van der Waals surface area contributed by atoms with Gasteiger partial charge in [-0.05, 0) is 20.8 Å². The van der Waals surface area contributed by atoms with Crippen molar-refractivity contribution >= 4 is 33.5 Å². The van der Waals surface area contributed by atoms with Crippen molar-refractivity contribution in [2.24, 2.45) is 0 Å². The van der Waals surface area contributed by atoms with Gasteiger partial charge in [-0.15, -0.1) is 0 Å². The minimum absolute atomic E-state index is 0.0944. The predicted molar refractivity (Wildman–Crippen MR) is 103 cm³/mol. The molecule has 0 radical (unpaired) electrons. The van der Waals surface area contributed by atoms with Crippen LogP contribution in [0.4, 0.5) is 5.82 Å². The van der Waals surface area contributed by atoms with Crippen LogP contribution in [0.3, 0.4) is 0 Å². The number of rotatable bonds is 5. The molecule has 0 unspecified atom stereocenters. The maximum atomic E-state index is 12.8. The molecule has 1 saturated heterocycles. The minimum Gasteiger partial charge on any atom is -0.384 e. The van der Waals surface area contributed by atoms with Gasteiger partial charge in [-0.25, -0.2) is 18.4 Å². The lowest BCUT2D eigenvalue weighted by atomic mass is 10.3. The summed E-state index contributed by atoms with van der Waals surface area (Å²) in [6.07, 6.45) is 0. The number of carbonyl (C=O) groups is 1. The van der Waals surface area contributed by atoms with Gasteiger partial charge in [0.2, 0.25) is 15.9 Å². The molecule has 1 amide bonds. The standard InChI is InChI=1S/C16H22N6O4S2/c1-10-8-13(17)19-16(18-10)27-9-14(23)21-4-6-22(7-5-21)28(24,25)15-11(2)20-26-12(15)3/h8H,4-7,9H2,1-3H3,(H2,17,18,19). The smallest absolute Gasteiger partial charge is 0.248 e. The van der Waals surface area contributed by atoms with Gasteiger partial charge in [-0.2, -0.15) is 4.31 Å². The zero-order valence-electron chi connectivity index (χ0n) is 15.9. The second-order valence-electron chi connectivity index (χ2n) is 6.44. The number of thioether (sulfide) groups is 1. The summed E-state index contributed by atoms with van der Waals surface area (Å²) in [6, 6.07) is 1.66. The van der Waals surface area contributed by atoms with Crippen LogP contribution >= 0.6 is 11.8 Å². The molecule has 2 N–H and O–H groups in total. The fourth-order valence-corrected chi connectivity index (χ4v) is 5.52. The summed E-state index contributed by atoms with van der Waals surface area (Å²) in [5, 5.41) is 4.17. The molecule has 1 aliphatic heterocycles. The van der Waals surface area contributed by atoms with E-state index in [0.717, 1.165) is 5.69 Å². The predicted octanol–water partition coefficient (Wildman–Crippen LogP) is 0.597. The zero-order chi connectivity index (χ0) is 20.5. The number of aromatic nitrogens is 3. The first kappa shape index (κ1) is 20.6. The Kier molecular flexibility index (Phi) is 5.91. The molecule has 0 atom stereocenters. The summed E-state index contributed by atoms with van der Waals surface area (Å²) >= 11 is 1.21. The summed E-state index contributed by atoms with van der Waals surface area (Å²) in [5.74, 6) is 0.702. The SMILES string of the molecule is Cc1cc(N)nc(SCC(=O)N2CCN(S(=O)(=O)c3c(C)noc3C)CC2)n1. The largest absolute Gasteiger partial charge is 0.384 e. The highest BCUT2D eigenvalue weighted by Crippen LogP contribution is 2.24. The molecule has 12 heteroatoms. The van der Waals surface area contributed by atoms with E-state index in [1.165, 1.54) is 16.1 Å². The van der Waals surface area contributed by atoms with E-state index < -0.39 is 10.0 Å². The number of piperazine rings is 1. The molecule has 0 saturated carbocycles. The van der Waals surface area contributed by atoms with Crippen molar-refractivity contribution < 1.29 is 17.7 Å². The van der Waals surface area contributed by atoms with Crippen molar-refractivity contribution in [1.29, 1.82) is 0 Å². The number of amides is 1. The highest BCUT2D eigenvalue weighted by molar-refractivity contribution is 7.99. The molecule has 10 nitrogen and oxygen atoms in total. The van der Waals surface area contributed by atoms with Gasteiger partial charge in [-0.3, -0.25) is 4.79 Å². The Morgan fingerprint density at radius 1 is 1.21 bits per heavy atom. The molecule has 3 rings (SSSR count). The third kappa shape index (κ3) is 4.28. The van der Waals surface area contributed by atoms with Crippen LogP contribution in [0.25, 0.3) is 0 Å². The summed E-state index contributed by atoms with van der Waals surface area (Å²) in [4.78, 5) is 22.5. The Morgan fingerprint density at radius 3 is 2.46 bits per heavy atom. The van der Waals surface area contributed by atoms with Crippen LogP contribution in [-0.4, -0.2) is 70.6 Å². The number of hydrogen-bond donors (Lipinski definition) is 1. The molecular formula is C16H22N6O4S2. The van der Waals surface area contributed by atoms with E-state index in [1.807, 2.05) is 6.92 Å². The highest BCUT2D eigenvalue weighted by atomic mass is 32.2. The van der Waals surface area contributed by atoms with Gasteiger partial charge < -0.3 is 15.2 Å². The fraction of sp³-hybridized carbons (Fsp3) is 0.500. The van der Waals surface area contributed by atoms with E-state index in [0.29, 0.717) is 29.8 Å². The van der Waals surface area contributed by atoms with Crippen LogP contribution in [-0.2, 0) is 14.8 Å². The fourth-order valence-electron chi connectivity index (χ4n) is 3.00. The first-order valence-corrected chi connectivity index (χ1v) is 11.1. The number of nitrogens with zero attached hydrogens (tertiary/aromatic N) is 5. The Hall–Kier alpha value is -2.18. The number of nitrogen functional groups attached to an aromatic ring is 1. The van der Waals surface area contributed by atoms with Crippen molar-refractivity contribution in [3.8, 4) is 0 Å². The Balaban J connectivity index is 1.58. The van der Waals surface area contributed by atoms with E-state index in [2.05, 4.69) is 15.1 Å². The topological polar surface area (TPSA) is 136 Å². The van der Waals surface area contributed by atoms with Gasteiger partial charge in [0.1, 0.15) is 16.4 Å². The van der Waals surface area contributed by atoms with E-state index in [4.69, 9.17) is 10.3 Å². The molecule has 152 valence electrons. The van der Waals surface area contributed by atoms with Gasteiger partial charge in [0, 0.05) is 37.9 Å². The Labute approximate surface area is 167 Å². The van der Waals surface area contributed by atoms with E-state index in [9.17, 15) is 13.2 Å². The van der Waals surface area contributed by atoms with Crippen molar-refractivity contribution in [3.05, 3.63) is 23.2 Å². The van der Waals surface area contributed by atoms with Gasteiger partial charge >= 0.3 is 0 Å². The Morgan fingerprint density at radius 2 is 1.89 bits per heavy atom. The molecule has 1 aliphatic rings. The van der Waals surface area contributed by atoms with Crippen LogP contribution in [0.5, 0.6) is 0 Å². The van der Waals surface area contributed by atoms with E-state index in [1.54, 1.807) is 24.8 Å². The van der Waals surface area contributed by atoms with Gasteiger partial charge in [-0.1, -0.05) is 16.9 Å². The van der Waals surface area contributed by atoms with E-state index >= 15 is 0 Å². The molecule has 0 spiro atoms. The lowest BCUT2D eigenvalue weighted by molar-refractivity contribution is -0.129. The molecule has 0 aromatic carbocycles. The van der Waals surface area contributed by atoms with Crippen LogP contribution < -0.4 is 5.73 Å². The van der Waals surface area contributed by atoms with Crippen LogP contribution in [0.2, 0.25) is 0 Å². The molecule has 2 aromatic heterocycles. The van der Waals surface area contributed by atoms with E-state index in [-0.39, 0.29) is 35.4 Å². The number of aryl methyl sites for hydroxylation is 3. The average Bonchev–Trinajstić information content (AvgIpc) is 2.98. The molecule has 28 heavy (non-hydrogen) atoms. The van der Waals surface area contributed by atoms with Gasteiger partial charge in [0.05, 0.1) is 5.75 Å². The summed E-state index contributed by atoms with van der Waals surface area (Å²) in [5.41, 5.74) is 6.77. The molecule has 0 aliphatic carbocycles. The summed E-state index contributed by atoms with van der Waals surface area (Å²) in [6.45, 7) is 6.05. The van der Waals surface area contributed by atoms with Gasteiger partial charge in [0.15, 0.2) is 10.9 Å². The summed E-state index contributed by atoms with van der Waals surface area (Å²) in [7, 11) is -3.69. The average molecular weight is 427 g/mol. The lowest BCUT2D eigenvalue weighted by Gasteiger charge is -2.33. The second-order valence-corrected chi connectivity index (χ2v) is 9.26. The molecule has 3 heterocycles. The number of anilines is 1. The van der Waals surface area contributed by atoms with Crippen molar-refractivity contribution in [2.45, 2.75) is 30.8 Å². The zero-order valence-corrected chi connectivity index (χ0v) is 17.5. The monoisotopic (exact) mass is 426 g/mol. The maximum Gasteiger partial charge on any atom is 0.248 e. The molecule has 2 aromatic rings. The number of carbonyl (C=O) groups excluding carboxylic acids is 1. The maximum absolute atomic E-state index is 12.8. The summed E-state index contributed by atoms with van der Waals surface area (Å²) < 4.78 is 32.0. The third-order valence-corrected chi connectivity index (χ3v) is 7.31. The quantitative estimate of drug-likeness (QED) is 0.538. The molecule has 0 bridgehead atoms. The van der Waals surface area contributed by atoms with Crippen molar-refractivity contribution in [2.75, 3.05) is 37.7 Å². The molecular weight excluding hydrogens is 404 g/mol. The second kappa shape index (κ2) is 8.05. The first-order valence-electron chi connectivity index (χ1n) is 8.63.